The minimum Gasteiger partial charge on any atom is -0.486 e. The van der Waals surface area contributed by atoms with E-state index >= 15 is 0 Å². The molecule has 10 nitrogen and oxygen atoms in total. The van der Waals surface area contributed by atoms with Crippen LogP contribution in [-0.4, -0.2) is 56.9 Å². The molecule has 188 valence electrons. The third kappa shape index (κ3) is 4.62. The smallest absolute Gasteiger partial charge is 0.268 e. The molecular weight excluding hydrogens is 470 g/mol. The van der Waals surface area contributed by atoms with Crippen molar-refractivity contribution in [2.45, 2.75) is 38.2 Å². The van der Waals surface area contributed by atoms with Gasteiger partial charge in [-0.3, -0.25) is 4.98 Å². The maximum atomic E-state index is 6.59. The zero-order valence-corrected chi connectivity index (χ0v) is 20.8. The highest BCUT2D eigenvalue weighted by Gasteiger charge is 2.43. The SMILES string of the molecule is CON=C1CC2(CCN(c3ccc(-c4nnc(Cc5ccncc5)o4)nn3)CC2)Oc2cccc(C)c21. The number of piperidine rings is 1. The monoisotopic (exact) mass is 497 g/mol. The highest BCUT2D eigenvalue weighted by molar-refractivity contribution is 6.05. The first kappa shape index (κ1) is 23.1. The van der Waals surface area contributed by atoms with Crippen molar-refractivity contribution < 1.29 is 14.0 Å². The summed E-state index contributed by atoms with van der Waals surface area (Å²) in [5.74, 6) is 2.57. The molecule has 3 aromatic heterocycles. The molecule has 0 aliphatic carbocycles. The van der Waals surface area contributed by atoms with E-state index in [1.165, 1.54) is 0 Å². The van der Waals surface area contributed by atoms with Gasteiger partial charge in [0.1, 0.15) is 24.2 Å². The Morgan fingerprint density at radius 1 is 1.00 bits per heavy atom. The fraction of sp³-hybridized carbons (Fsp3) is 0.333. The fourth-order valence-corrected chi connectivity index (χ4v) is 5.08. The Kier molecular flexibility index (Phi) is 5.99. The molecule has 10 heteroatoms. The van der Waals surface area contributed by atoms with Gasteiger partial charge in [0.25, 0.3) is 5.89 Å². The number of anilines is 1. The van der Waals surface area contributed by atoms with E-state index in [4.69, 9.17) is 14.0 Å². The largest absolute Gasteiger partial charge is 0.486 e. The van der Waals surface area contributed by atoms with Gasteiger partial charge in [0.2, 0.25) is 5.89 Å². The number of fused-ring (bicyclic) bond motifs is 1. The number of oxime groups is 1. The first-order valence-electron chi connectivity index (χ1n) is 12.3. The zero-order chi connectivity index (χ0) is 25.2. The van der Waals surface area contributed by atoms with E-state index in [0.717, 1.165) is 66.3 Å². The molecule has 1 fully saturated rings. The lowest BCUT2D eigenvalue weighted by Crippen LogP contribution is -2.51. The summed E-state index contributed by atoms with van der Waals surface area (Å²) in [4.78, 5) is 11.4. The number of aromatic nitrogens is 5. The standard InChI is InChI=1S/C27H27N7O3/c1-18-4-3-5-22-25(18)21(33-35-2)17-27(37-22)10-14-34(15-11-27)23-7-6-20(29-30-23)26-32-31-24(36-26)16-19-8-12-28-13-9-19/h3-9,12-13H,10-11,14-17H2,1-2H3. The summed E-state index contributed by atoms with van der Waals surface area (Å²) < 4.78 is 12.4. The molecule has 0 atom stereocenters. The molecule has 1 spiro atoms. The molecule has 0 saturated carbocycles. The molecule has 1 aromatic carbocycles. The second-order valence-electron chi connectivity index (χ2n) is 9.43. The highest BCUT2D eigenvalue weighted by Crippen LogP contribution is 2.41. The van der Waals surface area contributed by atoms with Crippen molar-refractivity contribution in [1.82, 2.24) is 25.4 Å². The molecule has 4 aromatic rings. The van der Waals surface area contributed by atoms with Crippen LogP contribution in [0.5, 0.6) is 5.75 Å². The van der Waals surface area contributed by atoms with Crippen LogP contribution in [-0.2, 0) is 11.3 Å². The fourth-order valence-electron chi connectivity index (χ4n) is 5.08. The molecular formula is C27H27N7O3. The van der Waals surface area contributed by atoms with Crippen LogP contribution in [0.3, 0.4) is 0 Å². The molecule has 6 rings (SSSR count). The Bertz CT molecular complexity index is 1410. The van der Waals surface area contributed by atoms with E-state index in [9.17, 15) is 0 Å². The van der Waals surface area contributed by atoms with E-state index in [0.29, 0.717) is 23.9 Å². The van der Waals surface area contributed by atoms with E-state index < -0.39 is 0 Å². The predicted molar refractivity (Wildman–Crippen MR) is 137 cm³/mol. The van der Waals surface area contributed by atoms with Gasteiger partial charge in [-0.15, -0.1) is 20.4 Å². The Hall–Kier alpha value is -4.34. The average Bonchev–Trinajstić information content (AvgIpc) is 3.38. The molecule has 0 radical (unpaired) electrons. The molecule has 2 aliphatic rings. The first-order chi connectivity index (χ1) is 18.1. The quantitative estimate of drug-likeness (QED) is 0.378. The number of nitrogens with zero attached hydrogens (tertiary/aromatic N) is 7. The van der Waals surface area contributed by atoms with E-state index in [-0.39, 0.29) is 5.60 Å². The van der Waals surface area contributed by atoms with Crippen LogP contribution in [0.4, 0.5) is 5.82 Å². The Labute approximate surface area is 214 Å². The van der Waals surface area contributed by atoms with Crippen LogP contribution < -0.4 is 9.64 Å². The predicted octanol–water partition coefficient (Wildman–Crippen LogP) is 3.99. The molecule has 2 aliphatic heterocycles. The molecule has 5 heterocycles. The van der Waals surface area contributed by atoms with Crippen molar-refractivity contribution in [3.8, 4) is 17.3 Å². The number of pyridine rings is 1. The summed E-state index contributed by atoms with van der Waals surface area (Å²) in [7, 11) is 1.59. The van der Waals surface area contributed by atoms with Crippen LogP contribution in [0, 0.1) is 6.92 Å². The summed E-state index contributed by atoms with van der Waals surface area (Å²) >= 11 is 0. The summed E-state index contributed by atoms with van der Waals surface area (Å²) in [5, 5.41) is 21.5. The third-order valence-corrected chi connectivity index (χ3v) is 6.98. The van der Waals surface area contributed by atoms with Crippen LogP contribution in [0.25, 0.3) is 11.6 Å². The van der Waals surface area contributed by atoms with E-state index in [1.54, 1.807) is 19.5 Å². The van der Waals surface area contributed by atoms with Gasteiger partial charge < -0.3 is 18.9 Å². The number of hydrogen-bond donors (Lipinski definition) is 0. The van der Waals surface area contributed by atoms with Gasteiger partial charge >= 0.3 is 0 Å². The van der Waals surface area contributed by atoms with Crippen molar-refractivity contribution in [2.75, 3.05) is 25.1 Å². The van der Waals surface area contributed by atoms with Gasteiger partial charge in [0, 0.05) is 50.3 Å². The number of benzene rings is 1. The molecule has 0 bridgehead atoms. The topological polar surface area (TPSA) is 112 Å². The van der Waals surface area contributed by atoms with Crippen LogP contribution >= 0.6 is 0 Å². The van der Waals surface area contributed by atoms with Crippen molar-refractivity contribution >= 4 is 11.5 Å². The second-order valence-corrected chi connectivity index (χ2v) is 9.43. The lowest BCUT2D eigenvalue weighted by Gasteiger charge is -2.45. The summed E-state index contributed by atoms with van der Waals surface area (Å²) in [5.41, 5.74) is 4.42. The maximum Gasteiger partial charge on any atom is 0.268 e. The van der Waals surface area contributed by atoms with Gasteiger partial charge in [-0.1, -0.05) is 17.3 Å². The number of ether oxygens (including phenoxy) is 1. The molecule has 37 heavy (non-hydrogen) atoms. The highest BCUT2D eigenvalue weighted by atomic mass is 16.6. The summed E-state index contributed by atoms with van der Waals surface area (Å²) in [6.45, 7) is 3.67. The Morgan fingerprint density at radius 2 is 1.84 bits per heavy atom. The van der Waals surface area contributed by atoms with Crippen LogP contribution in [0.1, 0.15) is 41.8 Å². The Balaban J connectivity index is 1.13. The van der Waals surface area contributed by atoms with Gasteiger partial charge in [0.05, 0.1) is 12.1 Å². The third-order valence-electron chi connectivity index (χ3n) is 6.98. The second kappa shape index (κ2) is 9.61. The normalized spacial score (nSPS) is 17.5. The lowest BCUT2D eigenvalue weighted by atomic mass is 9.81. The average molecular weight is 498 g/mol. The minimum absolute atomic E-state index is 0.309. The van der Waals surface area contributed by atoms with Crippen LogP contribution in [0.15, 0.2) is 64.4 Å². The van der Waals surface area contributed by atoms with E-state index in [1.807, 2.05) is 36.4 Å². The van der Waals surface area contributed by atoms with Gasteiger partial charge in [-0.25, -0.2) is 0 Å². The first-order valence-corrected chi connectivity index (χ1v) is 12.3. The lowest BCUT2D eigenvalue weighted by molar-refractivity contribution is 0.0432. The number of rotatable bonds is 5. The van der Waals surface area contributed by atoms with Gasteiger partial charge in [0.15, 0.2) is 5.82 Å². The van der Waals surface area contributed by atoms with E-state index in [2.05, 4.69) is 48.4 Å². The van der Waals surface area contributed by atoms with Crippen molar-refractivity contribution in [1.29, 1.82) is 0 Å². The van der Waals surface area contributed by atoms with Crippen molar-refractivity contribution in [3.05, 3.63) is 77.4 Å². The Morgan fingerprint density at radius 3 is 2.59 bits per heavy atom. The minimum atomic E-state index is -0.309. The molecule has 0 amide bonds. The van der Waals surface area contributed by atoms with Gasteiger partial charge in [-0.2, -0.15) is 0 Å². The maximum absolute atomic E-state index is 6.59. The summed E-state index contributed by atoms with van der Waals surface area (Å²) in [6, 6.07) is 13.8. The van der Waals surface area contributed by atoms with Crippen molar-refractivity contribution in [2.24, 2.45) is 5.16 Å². The molecule has 0 N–H and O–H groups in total. The number of hydrogen-bond acceptors (Lipinski definition) is 10. The van der Waals surface area contributed by atoms with Crippen LogP contribution in [0.2, 0.25) is 0 Å². The zero-order valence-electron chi connectivity index (χ0n) is 20.8. The molecule has 0 unspecified atom stereocenters. The van der Waals surface area contributed by atoms with Gasteiger partial charge in [-0.05, 0) is 48.4 Å². The molecule has 1 saturated heterocycles. The summed E-state index contributed by atoms with van der Waals surface area (Å²) in [6.07, 6.45) is 6.43. The number of aryl methyl sites for hydroxylation is 1. The van der Waals surface area contributed by atoms with Crippen molar-refractivity contribution in [3.63, 3.8) is 0 Å².